The lowest BCUT2D eigenvalue weighted by molar-refractivity contribution is -0.128. The van der Waals surface area contributed by atoms with Crippen molar-refractivity contribution in [3.05, 3.63) is 59.7 Å². The molecule has 1 saturated heterocycles. The Morgan fingerprint density at radius 1 is 1.08 bits per heavy atom. The van der Waals surface area contributed by atoms with E-state index in [-0.39, 0.29) is 17.7 Å². The van der Waals surface area contributed by atoms with Crippen LogP contribution in [-0.4, -0.2) is 30.6 Å². The van der Waals surface area contributed by atoms with Crippen LogP contribution in [0.4, 0.5) is 5.69 Å². The average Bonchev–Trinajstić information content (AvgIpc) is 2.98. The largest absolute Gasteiger partial charge is 0.324 e. The van der Waals surface area contributed by atoms with E-state index in [1.54, 1.807) is 30.3 Å². The lowest BCUT2D eigenvalue weighted by Gasteiger charge is -2.23. The standard InChI is InChI=1S/C19H20N2O4S/c1-13-6-8-16(9-7-13)26(24,25)21-17(10-11-18(21)22)19(23)20-15-5-3-4-14(2)12-15/h3-9,12,17H,10-11H2,1-2H3,(H,20,23)/t17-/m0/s1. The number of nitrogens with zero attached hydrogens (tertiary/aromatic N) is 1. The van der Waals surface area contributed by atoms with E-state index in [0.29, 0.717) is 5.69 Å². The summed E-state index contributed by atoms with van der Waals surface area (Å²) < 4.78 is 26.5. The summed E-state index contributed by atoms with van der Waals surface area (Å²) in [6.45, 7) is 3.73. The van der Waals surface area contributed by atoms with Crippen molar-refractivity contribution < 1.29 is 18.0 Å². The molecule has 6 nitrogen and oxygen atoms in total. The van der Waals surface area contributed by atoms with Crippen molar-refractivity contribution in [1.29, 1.82) is 0 Å². The molecule has 0 bridgehead atoms. The van der Waals surface area contributed by atoms with E-state index in [0.717, 1.165) is 15.4 Å². The maximum absolute atomic E-state index is 12.9. The fourth-order valence-corrected chi connectivity index (χ4v) is 4.58. The van der Waals surface area contributed by atoms with Crippen LogP contribution in [0.3, 0.4) is 0 Å². The third-order valence-electron chi connectivity index (χ3n) is 4.33. The molecule has 1 atom stereocenters. The zero-order valence-electron chi connectivity index (χ0n) is 14.6. The van der Waals surface area contributed by atoms with Gasteiger partial charge in [-0.2, -0.15) is 0 Å². The maximum Gasteiger partial charge on any atom is 0.267 e. The first-order chi connectivity index (χ1) is 12.3. The molecule has 0 aromatic heterocycles. The number of carbonyl (C=O) groups is 2. The number of hydrogen-bond acceptors (Lipinski definition) is 4. The fraction of sp³-hybridized carbons (Fsp3) is 0.263. The number of anilines is 1. The van der Waals surface area contributed by atoms with E-state index in [1.807, 2.05) is 19.9 Å². The van der Waals surface area contributed by atoms with Crippen LogP contribution in [0, 0.1) is 13.8 Å². The predicted octanol–water partition coefficient (Wildman–Crippen LogP) is 2.62. The van der Waals surface area contributed by atoms with Gasteiger partial charge in [0.15, 0.2) is 0 Å². The molecule has 2 amide bonds. The van der Waals surface area contributed by atoms with Gasteiger partial charge in [-0.3, -0.25) is 9.59 Å². The molecule has 1 N–H and O–H groups in total. The van der Waals surface area contributed by atoms with Gasteiger partial charge in [-0.25, -0.2) is 12.7 Å². The fourth-order valence-electron chi connectivity index (χ4n) is 2.97. The Morgan fingerprint density at radius 2 is 1.77 bits per heavy atom. The first-order valence-corrected chi connectivity index (χ1v) is 9.74. The van der Waals surface area contributed by atoms with E-state index >= 15 is 0 Å². The quantitative estimate of drug-likeness (QED) is 0.894. The second kappa shape index (κ2) is 6.92. The number of aryl methyl sites for hydroxylation is 2. The zero-order chi connectivity index (χ0) is 18.9. The van der Waals surface area contributed by atoms with Crippen LogP contribution >= 0.6 is 0 Å². The van der Waals surface area contributed by atoms with E-state index in [2.05, 4.69) is 5.32 Å². The Hall–Kier alpha value is -2.67. The highest BCUT2D eigenvalue weighted by Crippen LogP contribution is 2.28. The topological polar surface area (TPSA) is 83.6 Å². The van der Waals surface area contributed by atoms with Gasteiger partial charge in [0.25, 0.3) is 10.0 Å². The first-order valence-electron chi connectivity index (χ1n) is 8.30. The highest BCUT2D eigenvalue weighted by Gasteiger charge is 2.44. The van der Waals surface area contributed by atoms with Crippen molar-refractivity contribution in [2.75, 3.05) is 5.32 Å². The smallest absolute Gasteiger partial charge is 0.267 e. The molecule has 1 fully saturated rings. The summed E-state index contributed by atoms with van der Waals surface area (Å²) in [5.74, 6) is -1.06. The van der Waals surface area contributed by atoms with Gasteiger partial charge in [0.2, 0.25) is 11.8 Å². The van der Waals surface area contributed by atoms with Crippen LogP contribution < -0.4 is 5.32 Å². The van der Waals surface area contributed by atoms with Crippen LogP contribution in [0.5, 0.6) is 0 Å². The monoisotopic (exact) mass is 372 g/mol. The van der Waals surface area contributed by atoms with Crippen LogP contribution in [-0.2, 0) is 19.6 Å². The number of rotatable bonds is 4. The first kappa shape index (κ1) is 18.1. The lowest BCUT2D eigenvalue weighted by atomic mass is 10.2. The summed E-state index contributed by atoms with van der Waals surface area (Å²) in [6.07, 6.45) is 0.193. The lowest BCUT2D eigenvalue weighted by Crippen LogP contribution is -2.45. The molecule has 1 aliphatic heterocycles. The van der Waals surface area contributed by atoms with Gasteiger partial charge in [0, 0.05) is 12.1 Å². The van der Waals surface area contributed by atoms with Crippen molar-refractivity contribution in [1.82, 2.24) is 4.31 Å². The number of hydrogen-bond donors (Lipinski definition) is 1. The predicted molar refractivity (Wildman–Crippen MR) is 98.0 cm³/mol. The second-order valence-electron chi connectivity index (χ2n) is 6.42. The Bertz CT molecular complexity index is 952. The highest BCUT2D eigenvalue weighted by atomic mass is 32.2. The molecule has 0 saturated carbocycles. The summed E-state index contributed by atoms with van der Waals surface area (Å²) in [4.78, 5) is 24.9. The minimum Gasteiger partial charge on any atom is -0.324 e. The zero-order valence-corrected chi connectivity index (χ0v) is 15.4. The molecule has 2 aromatic carbocycles. The van der Waals surface area contributed by atoms with Gasteiger partial charge in [-0.1, -0.05) is 29.8 Å². The van der Waals surface area contributed by atoms with E-state index in [1.165, 1.54) is 12.1 Å². The Labute approximate surface area is 152 Å². The van der Waals surface area contributed by atoms with Crippen LogP contribution in [0.15, 0.2) is 53.4 Å². The van der Waals surface area contributed by atoms with Crippen LogP contribution in [0.2, 0.25) is 0 Å². The van der Waals surface area contributed by atoms with Crippen LogP contribution in [0.25, 0.3) is 0 Å². The Kier molecular flexibility index (Phi) is 4.82. The van der Waals surface area contributed by atoms with Crippen molar-refractivity contribution in [3.8, 4) is 0 Å². The number of nitrogens with one attached hydrogen (secondary N) is 1. The van der Waals surface area contributed by atoms with Crippen molar-refractivity contribution in [3.63, 3.8) is 0 Å². The summed E-state index contributed by atoms with van der Waals surface area (Å²) in [5.41, 5.74) is 2.45. The second-order valence-corrected chi connectivity index (χ2v) is 8.24. The Morgan fingerprint density at radius 3 is 2.42 bits per heavy atom. The molecule has 0 radical (unpaired) electrons. The minimum absolute atomic E-state index is 0.00621. The third-order valence-corrected chi connectivity index (χ3v) is 6.17. The maximum atomic E-state index is 12.9. The summed E-state index contributed by atoms with van der Waals surface area (Å²) in [6, 6.07) is 12.4. The normalized spacial score (nSPS) is 17.4. The van der Waals surface area contributed by atoms with E-state index < -0.39 is 27.9 Å². The Balaban J connectivity index is 1.88. The number of carbonyl (C=O) groups excluding carboxylic acids is 2. The van der Waals surface area contributed by atoms with Crippen molar-refractivity contribution in [2.24, 2.45) is 0 Å². The van der Waals surface area contributed by atoms with Gasteiger partial charge >= 0.3 is 0 Å². The summed E-state index contributed by atoms with van der Waals surface area (Å²) >= 11 is 0. The summed E-state index contributed by atoms with van der Waals surface area (Å²) in [7, 11) is -4.08. The van der Waals surface area contributed by atoms with Gasteiger partial charge in [-0.05, 0) is 50.1 Å². The molecule has 1 heterocycles. The molecule has 1 aliphatic rings. The molecule has 7 heteroatoms. The van der Waals surface area contributed by atoms with Crippen molar-refractivity contribution in [2.45, 2.75) is 37.6 Å². The van der Waals surface area contributed by atoms with E-state index in [9.17, 15) is 18.0 Å². The summed E-state index contributed by atoms with van der Waals surface area (Å²) in [5, 5.41) is 2.71. The molecule has 0 unspecified atom stereocenters. The molecule has 0 spiro atoms. The SMILES string of the molecule is Cc1ccc(S(=O)(=O)N2C(=O)CC[C@H]2C(=O)Nc2cccc(C)c2)cc1. The number of amides is 2. The molecular weight excluding hydrogens is 352 g/mol. The van der Waals surface area contributed by atoms with Crippen LogP contribution in [0.1, 0.15) is 24.0 Å². The number of benzene rings is 2. The van der Waals surface area contributed by atoms with Gasteiger partial charge in [0.05, 0.1) is 4.90 Å². The highest BCUT2D eigenvalue weighted by molar-refractivity contribution is 7.89. The average molecular weight is 372 g/mol. The molecule has 3 rings (SSSR count). The molecular formula is C19H20N2O4S. The van der Waals surface area contributed by atoms with Gasteiger partial charge in [-0.15, -0.1) is 0 Å². The van der Waals surface area contributed by atoms with Crippen molar-refractivity contribution >= 4 is 27.5 Å². The minimum atomic E-state index is -4.08. The third kappa shape index (κ3) is 3.48. The molecule has 136 valence electrons. The van der Waals surface area contributed by atoms with Gasteiger partial charge in [0.1, 0.15) is 6.04 Å². The molecule has 26 heavy (non-hydrogen) atoms. The number of sulfonamides is 1. The van der Waals surface area contributed by atoms with Gasteiger partial charge < -0.3 is 5.32 Å². The van der Waals surface area contributed by atoms with E-state index in [4.69, 9.17) is 0 Å². The molecule has 2 aromatic rings. The molecule has 0 aliphatic carbocycles.